The topological polar surface area (TPSA) is 71.9 Å². The van der Waals surface area contributed by atoms with Gasteiger partial charge in [0.15, 0.2) is 0 Å². The van der Waals surface area contributed by atoms with Crippen molar-refractivity contribution in [1.29, 1.82) is 0 Å². The number of nitrogens with zero attached hydrogens (tertiary/aromatic N) is 2. The first-order chi connectivity index (χ1) is 16.7. The molecule has 0 saturated carbocycles. The van der Waals surface area contributed by atoms with Crippen LogP contribution in [0.5, 0.6) is 5.75 Å². The third-order valence-electron chi connectivity index (χ3n) is 5.76. The van der Waals surface area contributed by atoms with Gasteiger partial charge in [-0.25, -0.2) is 9.78 Å². The van der Waals surface area contributed by atoms with Crippen molar-refractivity contribution in [3.63, 3.8) is 0 Å². The summed E-state index contributed by atoms with van der Waals surface area (Å²) in [5, 5.41) is 12.6. The van der Waals surface area contributed by atoms with E-state index in [9.17, 15) is 9.90 Å². The number of benzene rings is 2. The summed E-state index contributed by atoms with van der Waals surface area (Å²) >= 11 is 1.61. The van der Waals surface area contributed by atoms with Crippen LogP contribution in [0.25, 0.3) is 17.2 Å². The summed E-state index contributed by atoms with van der Waals surface area (Å²) in [6.07, 6.45) is 6.64. The molecule has 6 nitrogen and oxygen atoms in total. The van der Waals surface area contributed by atoms with Gasteiger partial charge in [0.25, 0.3) is 0 Å². The molecule has 0 amide bonds. The fourth-order valence-corrected chi connectivity index (χ4v) is 4.72. The first-order valence-corrected chi connectivity index (χ1v) is 12.5. The molecule has 34 heavy (non-hydrogen) atoms. The lowest BCUT2D eigenvalue weighted by Crippen LogP contribution is -2.24. The summed E-state index contributed by atoms with van der Waals surface area (Å²) < 4.78 is 10.7. The van der Waals surface area contributed by atoms with Gasteiger partial charge in [0, 0.05) is 48.2 Å². The van der Waals surface area contributed by atoms with E-state index in [4.69, 9.17) is 9.47 Å². The van der Waals surface area contributed by atoms with Crippen molar-refractivity contribution in [3.05, 3.63) is 70.2 Å². The number of anilines is 1. The van der Waals surface area contributed by atoms with Crippen molar-refractivity contribution in [2.75, 3.05) is 31.3 Å². The van der Waals surface area contributed by atoms with E-state index in [0.29, 0.717) is 31.7 Å². The Balaban J connectivity index is 0.000000486. The third kappa shape index (κ3) is 6.04. The smallest absolute Gasteiger partial charge is 0.331 e. The normalized spacial score (nSPS) is 15.0. The zero-order valence-electron chi connectivity index (χ0n) is 19.4. The van der Waals surface area contributed by atoms with E-state index in [-0.39, 0.29) is 0 Å². The quantitative estimate of drug-likeness (QED) is 0.477. The molecule has 3 heterocycles. The summed E-state index contributed by atoms with van der Waals surface area (Å²) in [5.74, 6) is -0.0437. The molecule has 1 fully saturated rings. The van der Waals surface area contributed by atoms with Crippen molar-refractivity contribution < 1.29 is 19.4 Å². The number of carboxylic acids is 1. The van der Waals surface area contributed by atoms with Crippen molar-refractivity contribution in [2.45, 2.75) is 32.7 Å². The number of rotatable bonds is 6. The molecule has 2 aromatic carbocycles. The maximum absolute atomic E-state index is 11.7. The minimum Gasteiger partial charge on any atom is -0.493 e. The predicted octanol–water partition coefficient (Wildman–Crippen LogP) is 5.88. The fourth-order valence-electron chi connectivity index (χ4n) is 4.09. The van der Waals surface area contributed by atoms with Crippen molar-refractivity contribution in [3.8, 4) is 16.9 Å². The van der Waals surface area contributed by atoms with E-state index < -0.39 is 5.97 Å². The molecule has 0 unspecified atom stereocenters. The standard InChI is InChI=1S/C23H22N2O3S.C4H8O/c1-2-28-21-6-4-3-5-19(21)16-7-8-20-18(13-16)14-17(23(26)27)9-11-25(20)15-22-24-10-12-29-22;1-2-4-5-3-1/h3-8,10,12-14H,2,9,11,15H2,1H3,(H,26,27);1-4H2. The van der Waals surface area contributed by atoms with Gasteiger partial charge in [-0.2, -0.15) is 0 Å². The fraction of sp³-hybridized carbons (Fsp3) is 0.333. The average Bonchev–Trinajstić information content (AvgIpc) is 3.56. The molecule has 3 aromatic rings. The second-order valence-electron chi connectivity index (χ2n) is 8.09. The van der Waals surface area contributed by atoms with Crippen LogP contribution in [-0.2, 0) is 16.1 Å². The van der Waals surface area contributed by atoms with Gasteiger partial charge in [-0.1, -0.05) is 24.3 Å². The van der Waals surface area contributed by atoms with Crippen LogP contribution < -0.4 is 9.64 Å². The minimum atomic E-state index is -0.868. The Morgan fingerprint density at radius 2 is 2.03 bits per heavy atom. The van der Waals surface area contributed by atoms with E-state index in [1.807, 2.05) is 36.6 Å². The molecule has 0 atom stereocenters. The Morgan fingerprint density at radius 3 is 2.71 bits per heavy atom. The lowest BCUT2D eigenvalue weighted by molar-refractivity contribution is -0.132. The van der Waals surface area contributed by atoms with Gasteiger partial charge in [0.1, 0.15) is 10.8 Å². The Morgan fingerprint density at radius 1 is 1.21 bits per heavy atom. The summed E-state index contributed by atoms with van der Waals surface area (Å²) in [5.41, 5.74) is 4.35. The lowest BCUT2D eigenvalue weighted by atomic mass is 9.99. The van der Waals surface area contributed by atoms with Gasteiger partial charge in [-0.3, -0.25) is 0 Å². The summed E-state index contributed by atoms with van der Waals surface area (Å²) in [7, 11) is 0. The van der Waals surface area contributed by atoms with E-state index in [1.54, 1.807) is 23.6 Å². The number of fused-ring (bicyclic) bond motifs is 1. The molecule has 1 saturated heterocycles. The molecular formula is C27H30N2O4S. The van der Waals surface area contributed by atoms with Crippen LogP contribution in [0.3, 0.4) is 0 Å². The number of ether oxygens (including phenoxy) is 2. The van der Waals surface area contributed by atoms with Crippen LogP contribution in [0.2, 0.25) is 0 Å². The number of aliphatic carboxylic acids is 1. The minimum absolute atomic E-state index is 0.420. The van der Waals surface area contributed by atoms with E-state index >= 15 is 0 Å². The highest BCUT2D eigenvalue weighted by Crippen LogP contribution is 2.36. The molecule has 1 aromatic heterocycles. The monoisotopic (exact) mass is 478 g/mol. The SMILES string of the molecule is C1CCOC1.CCOc1ccccc1-c1ccc2c(c1)C=C(C(=O)O)CCN2Cc1nccs1. The highest BCUT2D eigenvalue weighted by Gasteiger charge is 2.21. The first kappa shape index (κ1) is 24.0. The Hall–Kier alpha value is -3.16. The van der Waals surface area contributed by atoms with Gasteiger partial charge in [-0.05, 0) is 61.6 Å². The highest BCUT2D eigenvalue weighted by atomic mass is 32.1. The second-order valence-corrected chi connectivity index (χ2v) is 9.07. The number of hydrogen-bond acceptors (Lipinski definition) is 6. The van der Waals surface area contributed by atoms with Gasteiger partial charge >= 0.3 is 5.97 Å². The van der Waals surface area contributed by atoms with Crippen LogP contribution in [0.1, 0.15) is 36.8 Å². The van der Waals surface area contributed by atoms with E-state index in [1.165, 1.54) is 12.8 Å². The number of para-hydroxylation sites is 1. The molecule has 5 rings (SSSR count). The largest absolute Gasteiger partial charge is 0.493 e. The molecule has 0 radical (unpaired) electrons. The van der Waals surface area contributed by atoms with Crippen LogP contribution in [0.4, 0.5) is 5.69 Å². The van der Waals surface area contributed by atoms with Gasteiger partial charge in [0.05, 0.1) is 13.2 Å². The highest BCUT2D eigenvalue weighted by molar-refractivity contribution is 7.09. The maximum Gasteiger partial charge on any atom is 0.331 e. The molecule has 0 aliphatic carbocycles. The lowest BCUT2D eigenvalue weighted by Gasteiger charge is -2.24. The molecule has 1 N–H and O–H groups in total. The van der Waals surface area contributed by atoms with E-state index in [2.05, 4.69) is 28.1 Å². The van der Waals surface area contributed by atoms with Crippen molar-refractivity contribution in [1.82, 2.24) is 4.98 Å². The number of aromatic nitrogens is 1. The summed E-state index contributed by atoms with van der Waals surface area (Å²) in [6.45, 7) is 5.86. The Labute approximate surface area is 204 Å². The number of carboxylic acid groups (broad SMARTS) is 1. The van der Waals surface area contributed by atoms with E-state index in [0.717, 1.165) is 46.3 Å². The number of carbonyl (C=O) groups is 1. The van der Waals surface area contributed by atoms with Gasteiger partial charge in [-0.15, -0.1) is 11.3 Å². The van der Waals surface area contributed by atoms with Gasteiger partial charge < -0.3 is 19.5 Å². The number of hydrogen-bond donors (Lipinski definition) is 1. The molecule has 0 spiro atoms. The zero-order valence-corrected chi connectivity index (χ0v) is 20.2. The molecule has 2 aliphatic heterocycles. The third-order valence-corrected chi connectivity index (χ3v) is 6.52. The van der Waals surface area contributed by atoms with Crippen LogP contribution in [0.15, 0.2) is 59.6 Å². The average molecular weight is 479 g/mol. The Bertz CT molecular complexity index is 1120. The Kier molecular flexibility index (Phi) is 8.33. The van der Waals surface area contributed by atoms with Crippen LogP contribution in [-0.4, -0.2) is 42.4 Å². The molecular weight excluding hydrogens is 448 g/mol. The first-order valence-electron chi connectivity index (χ1n) is 11.7. The molecule has 7 heteroatoms. The number of thiazole rings is 1. The predicted molar refractivity (Wildman–Crippen MR) is 136 cm³/mol. The molecule has 2 aliphatic rings. The zero-order chi connectivity index (χ0) is 23.8. The van der Waals surface area contributed by atoms with Crippen molar-refractivity contribution >= 4 is 29.1 Å². The summed E-state index contributed by atoms with van der Waals surface area (Å²) in [4.78, 5) is 18.3. The maximum atomic E-state index is 11.7. The van der Waals surface area contributed by atoms with Gasteiger partial charge in [0.2, 0.25) is 0 Å². The van der Waals surface area contributed by atoms with Crippen LogP contribution >= 0.6 is 11.3 Å². The molecule has 0 bridgehead atoms. The van der Waals surface area contributed by atoms with Crippen molar-refractivity contribution in [2.24, 2.45) is 0 Å². The summed E-state index contributed by atoms with van der Waals surface area (Å²) in [6, 6.07) is 14.1. The molecule has 178 valence electrons. The van der Waals surface area contributed by atoms with Crippen LogP contribution in [0, 0.1) is 0 Å². The second kappa shape index (κ2) is 11.8.